The number of aliphatic hydroxyl groups is 1. The lowest BCUT2D eigenvalue weighted by Crippen LogP contribution is -2.23. The summed E-state index contributed by atoms with van der Waals surface area (Å²) >= 11 is 0. The summed E-state index contributed by atoms with van der Waals surface area (Å²) in [5, 5.41) is 25.0. The van der Waals surface area contributed by atoms with Crippen molar-refractivity contribution >= 4 is 9.84 Å². The first kappa shape index (κ1) is 20.2. The van der Waals surface area contributed by atoms with Crippen LogP contribution in [-0.2, 0) is 9.84 Å². The van der Waals surface area contributed by atoms with Gasteiger partial charge in [-0.1, -0.05) is 0 Å². The van der Waals surface area contributed by atoms with Crippen LogP contribution in [0.1, 0.15) is 11.8 Å². The Morgan fingerprint density at radius 1 is 1.23 bits per heavy atom. The first-order chi connectivity index (χ1) is 14.2. The van der Waals surface area contributed by atoms with Crippen LogP contribution in [0.4, 0.5) is 0 Å². The van der Waals surface area contributed by atoms with Crippen LogP contribution in [0.5, 0.6) is 11.5 Å². The average molecular weight is 432 g/mol. The number of hydrogen-bond acceptors (Lipinski definition) is 8. The molecule has 2 N–H and O–H groups in total. The molecule has 0 spiro atoms. The Hall–Kier alpha value is -3.11. The van der Waals surface area contributed by atoms with Crippen molar-refractivity contribution < 1.29 is 27.8 Å². The number of benzene rings is 1. The Bertz CT molecular complexity index is 1260. The highest BCUT2D eigenvalue weighted by Gasteiger charge is 2.40. The maximum atomic E-state index is 12.1. The van der Waals surface area contributed by atoms with E-state index >= 15 is 0 Å². The van der Waals surface area contributed by atoms with E-state index in [0.29, 0.717) is 28.3 Å². The number of sulfone groups is 1. The maximum absolute atomic E-state index is 12.1. The fourth-order valence-corrected chi connectivity index (χ4v) is 5.41. The molecule has 2 aromatic heterocycles. The number of methoxy groups -OCH3 is 1. The highest BCUT2D eigenvalue weighted by molar-refractivity contribution is 7.91. The van der Waals surface area contributed by atoms with Crippen molar-refractivity contribution in [3.05, 3.63) is 52.5 Å². The van der Waals surface area contributed by atoms with Crippen LogP contribution in [0.3, 0.4) is 0 Å². The van der Waals surface area contributed by atoms with Gasteiger partial charge in [-0.05, 0) is 31.2 Å². The lowest BCUT2D eigenvalue weighted by Gasteiger charge is -2.18. The van der Waals surface area contributed by atoms with Crippen LogP contribution in [0.2, 0.25) is 0 Å². The molecule has 0 aliphatic carbocycles. The molecule has 1 fully saturated rings. The summed E-state index contributed by atoms with van der Waals surface area (Å²) < 4.78 is 36.3. The van der Waals surface area contributed by atoms with Gasteiger partial charge >= 0.3 is 0 Å². The van der Waals surface area contributed by atoms with E-state index < -0.39 is 33.2 Å². The zero-order chi connectivity index (χ0) is 21.6. The van der Waals surface area contributed by atoms with E-state index in [0.717, 1.165) is 0 Å². The largest absolute Gasteiger partial charge is 0.502 e. The Morgan fingerprint density at radius 2 is 1.93 bits per heavy atom. The Balaban J connectivity index is 1.96. The third kappa shape index (κ3) is 3.48. The molecule has 9 nitrogen and oxygen atoms in total. The number of rotatable bonds is 4. The SMILES string of the molecule is COc1ccc(-c2c(-c3oc(C)cc(=O)c3O)cnn2C2CS(=O)(=O)CC2O)cc1. The van der Waals surface area contributed by atoms with Gasteiger partial charge in [-0.25, -0.2) is 8.42 Å². The highest BCUT2D eigenvalue weighted by Crippen LogP contribution is 2.39. The second-order valence-electron chi connectivity index (χ2n) is 7.19. The van der Waals surface area contributed by atoms with E-state index in [4.69, 9.17) is 9.15 Å². The monoisotopic (exact) mass is 432 g/mol. The molecule has 2 atom stereocenters. The molecule has 1 aliphatic rings. The van der Waals surface area contributed by atoms with E-state index in [2.05, 4.69) is 5.10 Å². The van der Waals surface area contributed by atoms with Crippen molar-refractivity contribution in [2.75, 3.05) is 18.6 Å². The first-order valence-corrected chi connectivity index (χ1v) is 11.0. The van der Waals surface area contributed by atoms with Gasteiger partial charge in [0.1, 0.15) is 11.5 Å². The van der Waals surface area contributed by atoms with Crippen molar-refractivity contribution in [1.29, 1.82) is 0 Å². The van der Waals surface area contributed by atoms with Gasteiger partial charge in [0.2, 0.25) is 11.2 Å². The second-order valence-corrected chi connectivity index (χ2v) is 9.34. The Kier molecular flexibility index (Phi) is 4.91. The van der Waals surface area contributed by atoms with Crippen LogP contribution in [0.15, 0.2) is 45.7 Å². The van der Waals surface area contributed by atoms with Gasteiger partial charge in [-0.15, -0.1) is 0 Å². The van der Waals surface area contributed by atoms with Crippen molar-refractivity contribution in [2.24, 2.45) is 0 Å². The molecule has 0 amide bonds. The van der Waals surface area contributed by atoms with E-state index in [1.54, 1.807) is 31.2 Å². The van der Waals surface area contributed by atoms with Crippen LogP contribution >= 0.6 is 0 Å². The summed E-state index contributed by atoms with van der Waals surface area (Å²) in [4.78, 5) is 12.1. The molecule has 10 heteroatoms. The lowest BCUT2D eigenvalue weighted by molar-refractivity contribution is 0.147. The highest BCUT2D eigenvalue weighted by atomic mass is 32.2. The maximum Gasteiger partial charge on any atom is 0.227 e. The summed E-state index contributed by atoms with van der Waals surface area (Å²) in [5.41, 5.74) is 0.715. The Morgan fingerprint density at radius 3 is 2.53 bits per heavy atom. The molecule has 0 saturated carbocycles. The molecule has 158 valence electrons. The molecule has 0 radical (unpaired) electrons. The molecular weight excluding hydrogens is 412 g/mol. The van der Waals surface area contributed by atoms with Crippen molar-refractivity contribution in [3.63, 3.8) is 0 Å². The quantitative estimate of drug-likeness (QED) is 0.634. The summed E-state index contributed by atoms with van der Waals surface area (Å²) in [6.07, 6.45) is 0.243. The normalized spacial score (nSPS) is 20.4. The van der Waals surface area contributed by atoms with Crippen LogP contribution in [0, 0.1) is 6.92 Å². The third-order valence-corrected chi connectivity index (χ3v) is 6.76. The number of aliphatic hydroxyl groups excluding tert-OH is 1. The number of hydrogen-bond donors (Lipinski definition) is 2. The standard InChI is InChI=1S/C20H20N2O7S/c1-11-7-16(23)19(25)20(29-11)14-8-21-22(15-9-30(26,27)10-17(15)24)18(14)12-3-5-13(28-2)6-4-12/h3-8,15,17,24-25H,9-10H2,1-2H3. The van der Waals surface area contributed by atoms with Crippen LogP contribution < -0.4 is 10.2 Å². The molecule has 30 heavy (non-hydrogen) atoms. The first-order valence-electron chi connectivity index (χ1n) is 9.14. The number of nitrogens with zero attached hydrogens (tertiary/aromatic N) is 2. The number of aromatic nitrogens is 2. The van der Waals surface area contributed by atoms with Gasteiger partial charge < -0.3 is 19.4 Å². The summed E-state index contributed by atoms with van der Waals surface area (Å²) in [7, 11) is -1.90. The van der Waals surface area contributed by atoms with Gasteiger partial charge in [-0.2, -0.15) is 5.10 Å². The minimum Gasteiger partial charge on any atom is -0.502 e. The minimum absolute atomic E-state index is 0.0765. The predicted molar refractivity (Wildman–Crippen MR) is 108 cm³/mol. The van der Waals surface area contributed by atoms with Gasteiger partial charge in [0.05, 0.1) is 48.2 Å². The molecule has 2 unspecified atom stereocenters. The molecule has 1 aromatic carbocycles. The van der Waals surface area contributed by atoms with Crippen LogP contribution in [0.25, 0.3) is 22.6 Å². The minimum atomic E-state index is -3.43. The zero-order valence-electron chi connectivity index (χ0n) is 16.3. The van der Waals surface area contributed by atoms with Crippen LogP contribution in [-0.4, -0.2) is 53.1 Å². The molecule has 3 aromatic rings. The van der Waals surface area contributed by atoms with E-state index in [1.165, 1.54) is 24.1 Å². The van der Waals surface area contributed by atoms with Gasteiger partial charge in [0.25, 0.3) is 0 Å². The van der Waals surface area contributed by atoms with Gasteiger partial charge in [-0.3, -0.25) is 9.48 Å². The second kappa shape index (κ2) is 7.29. The number of aryl methyl sites for hydroxylation is 1. The van der Waals surface area contributed by atoms with Crippen molar-refractivity contribution in [1.82, 2.24) is 9.78 Å². The van der Waals surface area contributed by atoms with Gasteiger partial charge in [0, 0.05) is 11.6 Å². The van der Waals surface area contributed by atoms with Crippen molar-refractivity contribution in [3.8, 4) is 34.1 Å². The molecule has 1 saturated heterocycles. The number of aromatic hydroxyl groups is 1. The predicted octanol–water partition coefficient (Wildman–Crippen LogP) is 1.52. The molecule has 3 heterocycles. The fraction of sp³-hybridized carbons (Fsp3) is 0.300. The molecule has 1 aliphatic heterocycles. The van der Waals surface area contributed by atoms with E-state index in [-0.39, 0.29) is 17.3 Å². The summed E-state index contributed by atoms with van der Waals surface area (Å²) in [6.45, 7) is 1.58. The summed E-state index contributed by atoms with van der Waals surface area (Å²) in [6, 6.07) is 7.24. The fourth-order valence-electron chi connectivity index (χ4n) is 3.65. The van der Waals surface area contributed by atoms with E-state index in [1.807, 2.05) is 0 Å². The lowest BCUT2D eigenvalue weighted by atomic mass is 10.0. The van der Waals surface area contributed by atoms with Crippen molar-refractivity contribution in [2.45, 2.75) is 19.1 Å². The zero-order valence-corrected chi connectivity index (χ0v) is 17.1. The Labute approximate surface area is 172 Å². The van der Waals surface area contributed by atoms with E-state index in [9.17, 15) is 23.4 Å². The topological polar surface area (TPSA) is 132 Å². The third-order valence-electron chi connectivity index (χ3n) is 5.06. The molecule has 0 bridgehead atoms. The number of ether oxygens (including phenoxy) is 1. The smallest absolute Gasteiger partial charge is 0.227 e. The van der Waals surface area contributed by atoms with Gasteiger partial charge in [0.15, 0.2) is 15.6 Å². The summed E-state index contributed by atoms with van der Waals surface area (Å²) in [5.74, 6) is -0.381. The molecular formula is C20H20N2O7S. The average Bonchev–Trinajstić information content (AvgIpc) is 3.24. The molecule has 4 rings (SSSR count).